The summed E-state index contributed by atoms with van der Waals surface area (Å²) in [6.45, 7) is 2.58. The zero-order chi connectivity index (χ0) is 22.6. The molecular weight excluding hydrogens is 406 g/mol. The highest BCUT2D eigenvalue weighted by Crippen LogP contribution is 2.32. The maximum atomic E-state index is 11.6. The van der Waals surface area contributed by atoms with Crippen LogP contribution in [0.2, 0.25) is 0 Å². The quantitative estimate of drug-likeness (QED) is 0.208. The number of aromatic nitrogens is 1. The molecule has 0 saturated carbocycles. The Morgan fingerprint density at radius 2 is 1.33 bits per heavy atom. The molecule has 3 nitrogen and oxygen atoms in total. The molecule has 0 radical (unpaired) electrons. The zero-order valence-corrected chi connectivity index (χ0v) is 18.6. The van der Waals surface area contributed by atoms with Gasteiger partial charge in [-0.3, -0.25) is 4.79 Å². The zero-order valence-electron chi connectivity index (χ0n) is 18.6. The summed E-state index contributed by atoms with van der Waals surface area (Å²) in [5.74, 6) is 0.360. The molecule has 4 aromatic carbocycles. The first-order valence-electron chi connectivity index (χ1n) is 11.2. The maximum absolute atomic E-state index is 11.6. The van der Waals surface area contributed by atoms with E-state index in [2.05, 4.69) is 83.4 Å². The predicted octanol–water partition coefficient (Wildman–Crippen LogP) is 7.34. The molecule has 0 N–H and O–H groups in total. The van der Waals surface area contributed by atoms with Crippen LogP contribution < -0.4 is 4.74 Å². The Hall–Kier alpha value is -4.11. The number of carbonyl (C=O) groups excluding carboxylic acids is 1. The molecule has 0 unspecified atom stereocenters. The topological polar surface area (TPSA) is 31.2 Å². The molecule has 0 spiro atoms. The Kier molecular flexibility index (Phi) is 5.77. The SMILES string of the molecule is CCC(=O)Oc1ccc2cc(-c3ccc(-c4ccccc4)n3Cc3ccccc3)ccc2c1. The van der Waals surface area contributed by atoms with E-state index in [1.165, 1.54) is 22.5 Å². The lowest BCUT2D eigenvalue weighted by molar-refractivity contribution is -0.134. The summed E-state index contributed by atoms with van der Waals surface area (Å²) in [7, 11) is 0. The van der Waals surface area contributed by atoms with Crippen LogP contribution in [0.5, 0.6) is 5.75 Å². The van der Waals surface area contributed by atoms with Gasteiger partial charge in [-0.2, -0.15) is 0 Å². The van der Waals surface area contributed by atoms with Gasteiger partial charge in [0.25, 0.3) is 0 Å². The third-order valence-corrected chi connectivity index (χ3v) is 5.86. The van der Waals surface area contributed by atoms with Gasteiger partial charge in [0.15, 0.2) is 0 Å². The molecule has 33 heavy (non-hydrogen) atoms. The van der Waals surface area contributed by atoms with Crippen molar-refractivity contribution in [1.82, 2.24) is 4.57 Å². The van der Waals surface area contributed by atoms with E-state index in [9.17, 15) is 4.79 Å². The van der Waals surface area contributed by atoms with E-state index in [4.69, 9.17) is 4.74 Å². The number of ether oxygens (including phenoxy) is 1. The van der Waals surface area contributed by atoms with E-state index in [1.807, 2.05) is 30.3 Å². The van der Waals surface area contributed by atoms with Gasteiger partial charge < -0.3 is 9.30 Å². The summed E-state index contributed by atoms with van der Waals surface area (Å²) in [6.07, 6.45) is 0.360. The Morgan fingerprint density at radius 3 is 2.06 bits per heavy atom. The number of benzene rings is 4. The molecule has 0 bridgehead atoms. The summed E-state index contributed by atoms with van der Waals surface area (Å²) < 4.78 is 7.76. The fourth-order valence-corrected chi connectivity index (χ4v) is 4.17. The summed E-state index contributed by atoms with van der Waals surface area (Å²) in [6, 6.07) is 37.7. The second kappa shape index (κ2) is 9.17. The molecule has 0 aliphatic heterocycles. The van der Waals surface area contributed by atoms with E-state index in [0.717, 1.165) is 22.9 Å². The van der Waals surface area contributed by atoms with Crippen molar-refractivity contribution in [2.75, 3.05) is 0 Å². The molecule has 0 aliphatic carbocycles. The van der Waals surface area contributed by atoms with Crippen LogP contribution in [0.15, 0.2) is 109 Å². The Bertz CT molecular complexity index is 1400. The third-order valence-electron chi connectivity index (χ3n) is 5.86. The van der Waals surface area contributed by atoms with Crippen molar-refractivity contribution in [1.29, 1.82) is 0 Å². The Balaban J connectivity index is 1.57. The van der Waals surface area contributed by atoms with E-state index >= 15 is 0 Å². The summed E-state index contributed by atoms with van der Waals surface area (Å²) >= 11 is 0. The van der Waals surface area contributed by atoms with Gasteiger partial charge in [-0.15, -0.1) is 0 Å². The molecule has 0 fully saturated rings. The Labute approximate surface area is 193 Å². The van der Waals surface area contributed by atoms with Crippen molar-refractivity contribution in [3.63, 3.8) is 0 Å². The highest BCUT2D eigenvalue weighted by molar-refractivity contribution is 5.89. The van der Waals surface area contributed by atoms with Gasteiger partial charge in [0.1, 0.15) is 5.75 Å². The summed E-state index contributed by atoms with van der Waals surface area (Å²) in [4.78, 5) is 11.6. The highest BCUT2D eigenvalue weighted by atomic mass is 16.5. The van der Waals surface area contributed by atoms with Crippen LogP contribution in [0.3, 0.4) is 0 Å². The number of hydrogen-bond donors (Lipinski definition) is 0. The number of carbonyl (C=O) groups is 1. The number of rotatable bonds is 6. The molecular formula is C30H25NO2. The van der Waals surface area contributed by atoms with Crippen LogP contribution in [0, 0.1) is 0 Å². The number of esters is 1. The lowest BCUT2D eigenvalue weighted by Gasteiger charge is -2.15. The normalized spacial score (nSPS) is 10.9. The van der Waals surface area contributed by atoms with E-state index < -0.39 is 0 Å². The van der Waals surface area contributed by atoms with Crippen molar-refractivity contribution < 1.29 is 9.53 Å². The average molecular weight is 432 g/mol. The molecule has 162 valence electrons. The van der Waals surface area contributed by atoms with Gasteiger partial charge in [-0.05, 0) is 57.8 Å². The second-order valence-corrected chi connectivity index (χ2v) is 8.09. The number of nitrogens with zero attached hydrogens (tertiary/aromatic N) is 1. The van der Waals surface area contributed by atoms with Gasteiger partial charge in [-0.1, -0.05) is 85.8 Å². The standard InChI is InChI=1S/C30H25NO2/c1-2-30(32)33-27-16-15-24-19-26(14-13-25(24)20-27)29-18-17-28(23-11-7-4-8-12-23)31(29)21-22-9-5-3-6-10-22/h3-20H,2,21H2,1H3. The number of fused-ring (bicyclic) bond motifs is 1. The van der Waals surface area contributed by atoms with Crippen LogP contribution in [-0.2, 0) is 11.3 Å². The minimum Gasteiger partial charge on any atom is -0.427 e. The van der Waals surface area contributed by atoms with Crippen LogP contribution in [0.4, 0.5) is 0 Å². The second-order valence-electron chi connectivity index (χ2n) is 8.09. The van der Waals surface area contributed by atoms with Crippen molar-refractivity contribution in [3.8, 4) is 28.3 Å². The minimum atomic E-state index is -0.224. The summed E-state index contributed by atoms with van der Waals surface area (Å²) in [5.41, 5.74) is 5.97. The molecule has 0 saturated heterocycles. The van der Waals surface area contributed by atoms with Crippen molar-refractivity contribution in [2.45, 2.75) is 19.9 Å². The largest absolute Gasteiger partial charge is 0.427 e. The van der Waals surface area contributed by atoms with E-state index in [0.29, 0.717) is 12.2 Å². The van der Waals surface area contributed by atoms with E-state index in [-0.39, 0.29) is 5.97 Å². The fraction of sp³-hybridized carbons (Fsp3) is 0.100. The first-order chi connectivity index (χ1) is 16.2. The molecule has 5 aromatic rings. The predicted molar refractivity (Wildman–Crippen MR) is 134 cm³/mol. The third kappa shape index (κ3) is 4.44. The smallest absolute Gasteiger partial charge is 0.310 e. The fourth-order valence-electron chi connectivity index (χ4n) is 4.17. The van der Waals surface area contributed by atoms with Gasteiger partial charge in [0.2, 0.25) is 0 Å². The van der Waals surface area contributed by atoms with Crippen molar-refractivity contribution >= 4 is 16.7 Å². The molecule has 1 aromatic heterocycles. The van der Waals surface area contributed by atoms with E-state index in [1.54, 1.807) is 6.92 Å². The van der Waals surface area contributed by atoms with Gasteiger partial charge in [-0.25, -0.2) is 0 Å². The lowest BCUT2D eigenvalue weighted by Crippen LogP contribution is -2.05. The maximum Gasteiger partial charge on any atom is 0.310 e. The van der Waals surface area contributed by atoms with Gasteiger partial charge in [0.05, 0.1) is 0 Å². The molecule has 5 rings (SSSR count). The molecule has 0 amide bonds. The lowest BCUT2D eigenvalue weighted by atomic mass is 10.0. The monoisotopic (exact) mass is 431 g/mol. The summed E-state index contributed by atoms with van der Waals surface area (Å²) in [5, 5.41) is 2.15. The van der Waals surface area contributed by atoms with Crippen molar-refractivity contribution in [3.05, 3.63) is 115 Å². The van der Waals surface area contributed by atoms with Crippen LogP contribution in [0.25, 0.3) is 33.3 Å². The first kappa shape index (κ1) is 20.8. The van der Waals surface area contributed by atoms with Crippen molar-refractivity contribution in [2.24, 2.45) is 0 Å². The average Bonchev–Trinajstić information content (AvgIpc) is 3.28. The van der Waals surface area contributed by atoms with Gasteiger partial charge >= 0.3 is 5.97 Å². The molecule has 1 heterocycles. The first-order valence-corrected chi connectivity index (χ1v) is 11.2. The number of hydrogen-bond acceptors (Lipinski definition) is 2. The van der Waals surface area contributed by atoms with Crippen LogP contribution in [0.1, 0.15) is 18.9 Å². The van der Waals surface area contributed by atoms with Gasteiger partial charge in [0, 0.05) is 24.4 Å². The Morgan fingerprint density at radius 1 is 0.697 bits per heavy atom. The van der Waals surface area contributed by atoms with Crippen LogP contribution >= 0.6 is 0 Å². The molecule has 0 atom stereocenters. The van der Waals surface area contributed by atoms with Crippen LogP contribution in [-0.4, -0.2) is 10.5 Å². The molecule has 0 aliphatic rings. The molecule has 3 heteroatoms. The highest BCUT2D eigenvalue weighted by Gasteiger charge is 2.13. The minimum absolute atomic E-state index is 0.224.